The minimum atomic E-state index is 0.779. The molecule has 1 saturated heterocycles. The van der Waals surface area contributed by atoms with Gasteiger partial charge in [-0.15, -0.1) is 0 Å². The van der Waals surface area contributed by atoms with Crippen LogP contribution in [0.2, 0.25) is 0 Å². The standard InChI is InChI=1S/C19H28N2/c1-2-4-15(5-3-1)14-21-10-8-18(9-11-21)20-19-13-16-6-7-17(19)12-16/h1-5,16-20H,6-14H2/t16-,17+,19-/m1/s1. The van der Waals surface area contributed by atoms with Gasteiger partial charge in [0.2, 0.25) is 0 Å². The van der Waals surface area contributed by atoms with Gasteiger partial charge >= 0.3 is 0 Å². The van der Waals surface area contributed by atoms with E-state index in [-0.39, 0.29) is 0 Å². The molecule has 0 amide bonds. The van der Waals surface area contributed by atoms with Crippen molar-refractivity contribution in [3.05, 3.63) is 35.9 Å². The zero-order chi connectivity index (χ0) is 14.1. The molecule has 1 aromatic carbocycles. The molecule has 1 heterocycles. The number of nitrogens with zero attached hydrogens (tertiary/aromatic N) is 1. The number of likely N-dealkylation sites (tertiary alicyclic amines) is 1. The fraction of sp³-hybridized carbons (Fsp3) is 0.684. The van der Waals surface area contributed by atoms with Gasteiger partial charge in [-0.3, -0.25) is 4.90 Å². The van der Waals surface area contributed by atoms with Gasteiger partial charge in [-0.2, -0.15) is 0 Å². The Hall–Kier alpha value is -0.860. The van der Waals surface area contributed by atoms with Crippen molar-refractivity contribution < 1.29 is 0 Å². The fourth-order valence-electron chi connectivity index (χ4n) is 4.85. The van der Waals surface area contributed by atoms with Crippen LogP contribution in [0.3, 0.4) is 0 Å². The van der Waals surface area contributed by atoms with Crippen molar-refractivity contribution in [3.63, 3.8) is 0 Å². The molecule has 4 rings (SSSR count). The average molecular weight is 284 g/mol. The highest BCUT2D eigenvalue weighted by Crippen LogP contribution is 2.44. The molecule has 114 valence electrons. The number of fused-ring (bicyclic) bond motifs is 2. The van der Waals surface area contributed by atoms with Crippen LogP contribution in [0.5, 0.6) is 0 Å². The Morgan fingerprint density at radius 2 is 1.76 bits per heavy atom. The molecule has 0 radical (unpaired) electrons. The van der Waals surface area contributed by atoms with Gasteiger partial charge in [-0.05, 0) is 62.6 Å². The molecule has 3 atom stereocenters. The topological polar surface area (TPSA) is 15.3 Å². The quantitative estimate of drug-likeness (QED) is 0.911. The highest BCUT2D eigenvalue weighted by atomic mass is 15.1. The van der Waals surface area contributed by atoms with Crippen LogP contribution >= 0.6 is 0 Å². The normalized spacial score (nSPS) is 33.6. The van der Waals surface area contributed by atoms with Crippen molar-refractivity contribution in [1.82, 2.24) is 10.2 Å². The van der Waals surface area contributed by atoms with Gasteiger partial charge in [-0.25, -0.2) is 0 Å². The maximum atomic E-state index is 4.01. The molecule has 3 aliphatic rings. The molecule has 2 aliphatic carbocycles. The Morgan fingerprint density at radius 1 is 0.952 bits per heavy atom. The molecule has 0 unspecified atom stereocenters. The third kappa shape index (κ3) is 3.17. The summed E-state index contributed by atoms with van der Waals surface area (Å²) in [5.41, 5.74) is 1.46. The number of hydrogen-bond acceptors (Lipinski definition) is 2. The van der Waals surface area contributed by atoms with Crippen LogP contribution in [0.4, 0.5) is 0 Å². The first kappa shape index (κ1) is 13.8. The number of benzene rings is 1. The van der Waals surface area contributed by atoms with Crippen LogP contribution in [0.25, 0.3) is 0 Å². The molecule has 0 aromatic heterocycles. The minimum Gasteiger partial charge on any atom is -0.311 e. The second-order valence-corrected chi connectivity index (χ2v) is 7.48. The fourth-order valence-corrected chi connectivity index (χ4v) is 4.85. The van der Waals surface area contributed by atoms with Crippen LogP contribution < -0.4 is 5.32 Å². The van der Waals surface area contributed by atoms with Gasteiger partial charge in [0.1, 0.15) is 0 Å². The lowest BCUT2D eigenvalue weighted by Gasteiger charge is -2.35. The van der Waals surface area contributed by atoms with Crippen LogP contribution in [0.15, 0.2) is 30.3 Å². The van der Waals surface area contributed by atoms with Gasteiger partial charge < -0.3 is 5.32 Å². The van der Waals surface area contributed by atoms with Crippen molar-refractivity contribution in [2.24, 2.45) is 11.8 Å². The predicted molar refractivity (Wildman–Crippen MR) is 87.1 cm³/mol. The van der Waals surface area contributed by atoms with E-state index in [1.54, 1.807) is 0 Å². The highest BCUT2D eigenvalue weighted by molar-refractivity contribution is 5.14. The average Bonchev–Trinajstić information content (AvgIpc) is 3.13. The lowest BCUT2D eigenvalue weighted by Crippen LogP contribution is -2.47. The van der Waals surface area contributed by atoms with E-state index in [2.05, 4.69) is 40.5 Å². The van der Waals surface area contributed by atoms with E-state index in [9.17, 15) is 0 Å². The first-order valence-electron chi connectivity index (χ1n) is 8.89. The SMILES string of the molecule is c1ccc(CN2CCC(N[C@@H]3C[C@@H]4CC[C@H]3C4)CC2)cc1. The molecule has 3 fully saturated rings. The Labute approximate surface area is 128 Å². The largest absolute Gasteiger partial charge is 0.311 e. The van der Waals surface area contributed by atoms with E-state index in [0.29, 0.717) is 0 Å². The summed E-state index contributed by atoms with van der Waals surface area (Å²) in [6.45, 7) is 3.64. The van der Waals surface area contributed by atoms with Crippen LogP contribution in [0, 0.1) is 11.8 Å². The molecule has 2 nitrogen and oxygen atoms in total. The molecule has 2 saturated carbocycles. The maximum Gasteiger partial charge on any atom is 0.0233 e. The van der Waals surface area contributed by atoms with Crippen molar-refractivity contribution in [3.8, 4) is 0 Å². The summed E-state index contributed by atoms with van der Waals surface area (Å²) in [5.74, 6) is 2.07. The molecular formula is C19H28N2. The Balaban J connectivity index is 1.23. The van der Waals surface area contributed by atoms with E-state index in [0.717, 1.165) is 30.5 Å². The summed E-state index contributed by atoms with van der Waals surface area (Å²) < 4.78 is 0. The highest BCUT2D eigenvalue weighted by Gasteiger charge is 2.40. The van der Waals surface area contributed by atoms with Gasteiger partial charge in [0.05, 0.1) is 0 Å². The third-order valence-corrected chi connectivity index (χ3v) is 6.02. The Kier molecular flexibility index (Phi) is 4.00. The molecular weight excluding hydrogens is 256 g/mol. The number of hydrogen-bond donors (Lipinski definition) is 1. The smallest absolute Gasteiger partial charge is 0.0233 e. The first-order chi connectivity index (χ1) is 10.4. The summed E-state index contributed by atoms with van der Waals surface area (Å²) in [4.78, 5) is 2.62. The summed E-state index contributed by atoms with van der Waals surface area (Å²) in [6, 6.07) is 12.5. The van der Waals surface area contributed by atoms with Gasteiger partial charge in [0.25, 0.3) is 0 Å². The first-order valence-corrected chi connectivity index (χ1v) is 8.89. The lowest BCUT2D eigenvalue weighted by atomic mass is 9.93. The second kappa shape index (κ2) is 6.10. The molecule has 2 heteroatoms. The summed E-state index contributed by atoms with van der Waals surface area (Å²) in [7, 11) is 0. The Morgan fingerprint density at radius 3 is 2.43 bits per heavy atom. The van der Waals surface area contributed by atoms with Gasteiger partial charge in [0.15, 0.2) is 0 Å². The Bertz CT molecular complexity index is 450. The van der Waals surface area contributed by atoms with E-state index < -0.39 is 0 Å². The third-order valence-electron chi connectivity index (χ3n) is 6.02. The maximum absolute atomic E-state index is 4.01. The van der Waals surface area contributed by atoms with Crippen LogP contribution in [-0.2, 0) is 6.54 Å². The van der Waals surface area contributed by atoms with Crippen molar-refractivity contribution in [2.75, 3.05) is 13.1 Å². The van der Waals surface area contributed by atoms with Crippen molar-refractivity contribution in [1.29, 1.82) is 0 Å². The lowest BCUT2D eigenvalue weighted by molar-refractivity contribution is 0.175. The number of nitrogens with one attached hydrogen (secondary N) is 1. The zero-order valence-corrected chi connectivity index (χ0v) is 13.0. The molecule has 1 aromatic rings. The molecule has 2 bridgehead atoms. The van der Waals surface area contributed by atoms with E-state index in [4.69, 9.17) is 0 Å². The summed E-state index contributed by atoms with van der Waals surface area (Å²) in [6.07, 6.45) is 8.66. The van der Waals surface area contributed by atoms with Gasteiger partial charge in [0, 0.05) is 18.6 Å². The summed E-state index contributed by atoms with van der Waals surface area (Å²) in [5, 5.41) is 4.01. The molecule has 21 heavy (non-hydrogen) atoms. The zero-order valence-electron chi connectivity index (χ0n) is 13.0. The molecule has 1 N–H and O–H groups in total. The van der Waals surface area contributed by atoms with Gasteiger partial charge in [-0.1, -0.05) is 36.8 Å². The molecule has 0 spiro atoms. The van der Waals surface area contributed by atoms with E-state index in [1.807, 2.05) is 0 Å². The van der Waals surface area contributed by atoms with Crippen molar-refractivity contribution >= 4 is 0 Å². The van der Waals surface area contributed by atoms with Crippen molar-refractivity contribution in [2.45, 2.75) is 57.2 Å². The monoisotopic (exact) mass is 284 g/mol. The van der Waals surface area contributed by atoms with E-state index >= 15 is 0 Å². The number of piperidine rings is 1. The second-order valence-electron chi connectivity index (χ2n) is 7.48. The van der Waals surface area contributed by atoms with Crippen LogP contribution in [-0.4, -0.2) is 30.1 Å². The minimum absolute atomic E-state index is 0.779. The predicted octanol–water partition coefficient (Wildman–Crippen LogP) is 3.43. The number of rotatable bonds is 4. The summed E-state index contributed by atoms with van der Waals surface area (Å²) >= 11 is 0. The van der Waals surface area contributed by atoms with Crippen LogP contribution in [0.1, 0.15) is 44.1 Å². The molecule has 1 aliphatic heterocycles. The van der Waals surface area contributed by atoms with E-state index in [1.165, 1.54) is 57.2 Å².